The van der Waals surface area contributed by atoms with Gasteiger partial charge in [-0.2, -0.15) is 0 Å². The van der Waals surface area contributed by atoms with Gasteiger partial charge in [0.15, 0.2) is 0 Å². The maximum atomic E-state index is 9.31. The van der Waals surface area contributed by atoms with Gasteiger partial charge in [0.2, 0.25) is 0 Å². The summed E-state index contributed by atoms with van der Waals surface area (Å²) in [5.41, 5.74) is 1.02. The standard InChI is InChI=1S/C13H23N3O/c1-9(2)5-11(7-17)16-13-6-12(10(3)4)14-8-15-13/h6,8-11,17H,5,7H2,1-4H3,(H,14,15,16). The molecular weight excluding hydrogens is 214 g/mol. The van der Waals surface area contributed by atoms with E-state index in [0.717, 1.165) is 17.9 Å². The summed E-state index contributed by atoms with van der Waals surface area (Å²) in [7, 11) is 0. The van der Waals surface area contributed by atoms with Crippen LogP contribution in [0, 0.1) is 5.92 Å². The Balaban J connectivity index is 2.69. The van der Waals surface area contributed by atoms with E-state index in [4.69, 9.17) is 0 Å². The first kappa shape index (κ1) is 13.9. The quantitative estimate of drug-likeness (QED) is 0.797. The molecule has 1 unspecified atom stereocenters. The number of rotatable bonds is 6. The fourth-order valence-electron chi connectivity index (χ4n) is 1.72. The third-order valence-electron chi connectivity index (χ3n) is 2.61. The summed E-state index contributed by atoms with van der Waals surface area (Å²) in [6.07, 6.45) is 2.50. The largest absolute Gasteiger partial charge is 0.394 e. The van der Waals surface area contributed by atoms with E-state index in [0.29, 0.717) is 11.8 Å². The van der Waals surface area contributed by atoms with Gasteiger partial charge in [-0.15, -0.1) is 0 Å². The van der Waals surface area contributed by atoms with Crippen molar-refractivity contribution in [3.63, 3.8) is 0 Å². The summed E-state index contributed by atoms with van der Waals surface area (Å²) < 4.78 is 0. The van der Waals surface area contributed by atoms with E-state index in [1.165, 1.54) is 0 Å². The van der Waals surface area contributed by atoms with Crippen molar-refractivity contribution in [3.05, 3.63) is 18.1 Å². The summed E-state index contributed by atoms with van der Waals surface area (Å²) in [5, 5.41) is 12.6. The molecule has 1 rings (SSSR count). The fourth-order valence-corrected chi connectivity index (χ4v) is 1.72. The third kappa shape index (κ3) is 4.69. The van der Waals surface area contributed by atoms with Gasteiger partial charge in [0.1, 0.15) is 12.1 Å². The van der Waals surface area contributed by atoms with Crippen LogP contribution in [0.15, 0.2) is 12.4 Å². The highest BCUT2D eigenvalue weighted by atomic mass is 16.3. The molecule has 17 heavy (non-hydrogen) atoms. The molecule has 0 saturated heterocycles. The summed E-state index contributed by atoms with van der Waals surface area (Å²) in [4.78, 5) is 8.40. The second-order valence-corrected chi connectivity index (χ2v) is 5.14. The van der Waals surface area contributed by atoms with Crippen LogP contribution in [0.3, 0.4) is 0 Å². The van der Waals surface area contributed by atoms with Crippen LogP contribution >= 0.6 is 0 Å². The van der Waals surface area contributed by atoms with E-state index >= 15 is 0 Å². The predicted octanol–water partition coefficient (Wildman–Crippen LogP) is 2.42. The molecule has 0 radical (unpaired) electrons. The van der Waals surface area contributed by atoms with Gasteiger partial charge >= 0.3 is 0 Å². The van der Waals surface area contributed by atoms with Crippen molar-refractivity contribution >= 4 is 5.82 Å². The van der Waals surface area contributed by atoms with E-state index in [9.17, 15) is 5.11 Å². The maximum absolute atomic E-state index is 9.31. The van der Waals surface area contributed by atoms with Gasteiger partial charge in [0.05, 0.1) is 12.6 Å². The monoisotopic (exact) mass is 237 g/mol. The first-order valence-corrected chi connectivity index (χ1v) is 6.22. The molecule has 0 aliphatic rings. The van der Waals surface area contributed by atoms with Crippen molar-refractivity contribution in [1.82, 2.24) is 9.97 Å². The second-order valence-electron chi connectivity index (χ2n) is 5.14. The molecule has 4 heteroatoms. The van der Waals surface area contributed by atoms with Gasteiger partial charge < -0.3 is 10.4 Å². The van der Waals surface area contributed by atoms with E-state index in [2.05, 4.69) is 43.0 Å². The number of aliphatic hydroxyl groups excluding tert-OH is 1. The first-order chi connectivity index (χ1) is 8.02. The molecule has 0 aliphatic carbocycles. The zero-order valence-electron chi connectivity index (χ0n) is 11.1. The van der Waals surface area contributed by atoms with E-state index in [1.807, 2.05) is 6.07 Å². The molecule has 4 nitrogen and oxygen atoms in total. The SMILES string of the molecule is CC(C)CC(CO)Nc1cc(C(C)C)ncn1. The van der Waals surface area contributed by atoms with Crippen molar-refractivity contribution in [2.45, 2.75) is 46.1 Å². The minimum atomic E-state index is 0.0601. The Bertz CT molecular complexity index is 339. The number of hydrogen-bond donors (Lipinski definition) is 2. The average Bonchev–Trinajstić information content (AvgIpc) is 2.28. The Morgan fingerprint density at radius 1 is 1.24 bits per heavy atom. The van der Waals surface area contributed by atoms with Crippen molar-refractivity contribution in [2.75, 3.05) is 11.9 Å². The zero-order valence-corrected chi connectivity index (χ0v) is 11.1. The maximum Gasteiger partial charge on any atom is 0.129 e. The van der Waals surface area contributed by atoms with E-state index in [1.54, 1.807) is 6.33 Å². The van der Waals surface area contributed by atoms with Crippen LogP contribution in [0.2, 0.25) is 0 Å². The van der Waals surface area contributed by atoms with Gasteiger partial charge in [-0.3, -0.25) is 0 Å². The van der Waals surface area contributed by atoms with Crippen molar-refractivity contribution in [1.29, 1.82) is 0 Å². The molecule has 96 valence electrons. The first-order valence-electron chi connectivity index (χ1n) is 6.22. The van der Waals surface area contributed by atoms with Crippen molar-refractivity contribution in [3.8, 4) is 0 Å². The Labute approximate surface area is 103 Å². The van der Waals surface area contributed by atoms with Gasteiger partial charge in [-0.25, -0.2) is 9.97 Å². The highest BCUT2D eigenvalue weighted by Crippen LogP contribution is 2.15. The van der Waals surface area contributed by atoms with Crippen LogP contribution in [0.4, 0.5) is 5.82 Å². The lowest BCUT2D eigenvalue weighted by molar-refractivity contribution is 0.259. The topological polar surface area (TPSA) is 58.0 Å². The summed E-state index contributed by atoms with van der Waals surface area (Å²) >= 11 is 0. The molecule has 1 aromatic heterocycles. The predicted molar refractivity (Wildman–Crippen MR) is 70.1 cm³/mol. The molecule has 0 aromatic carbocycles. The van der Waals surface area contributed by atoms with Crippen LogP contribution in [-0.4, -0.2) is 27.7 Å². The van der Waals surface area contributed by atoms with Gasteiger partial charge in [-0.05, 0) is 18.3 Å². The molecule has 0 spiro atoms. The number of aliphatic hydroxyl groups is 1. The summed E-state index contributed by atoms with van der Waals surface area (Å²) in [5.74, 6) is 1.73. The van der Waals surface area contributed by atoms with Gasteiger partial charge in [-0.1, -0.05) is 27.7 Å². The lowest BCUT2D eigenvalue weighted by Crippen LogP contribution is -2.26. The highest BCUT2D eigenvalue weighted by Gasteiger charge is 2.11. The van der Waals surface area contributed by atoms with Gasteiger partial charge in [0.25, 0.3) is 0 Å². The second kappa shape index (κ2) is 6.55. The number of aromatic nitrogens is 2. The Kier molecular flexibility index (Phi) is 5.35. The summed E-state index contributed by atoms with van der Waals surface area (Å²) in [6, 6.07) is 2.01. The van der Waals surface area contributed by atoms with Crippen LogP contribution in [-0.2, 0) is 0 Å². The normalized spacial score (nSPS) is 13.1. The van der Waals surface area contributed by atoms with Crippen molar-refractivity contribution < 1.29 is 5.11 Å². The molecule has 1 heterocycles. The number of hydrogen-bond acceptors (Lipinski definition) is 4. The molecule has 0 fully saturated rings. The molecule has 1 aromatic rings. The van der Waals surface area contributed by atoms with E-state index in [-0.39, 0.29) is 12.6 Å². The summed E-state index contributed by atoms with van der Waals surface area (Å²) in [6.45, 7) is 8.61. The number of nitrogens with one attached hydrogen (secondary N) is 1. The highest BCUT2D eigenvalue weighted by molar-refractivity contribution is 5.36. The Morgan fingerprint density at radius 2 is 1.94 bits per heavy atom. The number of nitrogens with zero attached hydrogens (tertiary/aromatic N) is 2. The lowest BCUT2D eigenvalue weighted by atomic mass is 10.0. The Hall–Kier alpha value is -1.16. The van der Waals surface area contributed by atoms with E-state index < -0.39 is 0 Å². The van der Waals surface area contributed by atoms with Crippen LogP contribution in [0.25, 0.3) is 0 Å². The third-order valence-corrected chi connectivity index (χ3v) is 2.61. The molecule has 0 amide bonds. The van der Waals surface area contributed by atoms with Gasteiger partial charge in [0, 0.05) is 11.8 Å². The number of anilines is 1. The molecular formula is C13H23N3O. The minimum absolute atomic E-state index is 0.0601. The van der Waals surface area contributed by atoms with Crippen molar-refractivity contribution in [2.24, 2.45) is 5.92 Å². The molecule has 2 N–H and O–H groups in total. The molecule has 0 saturated carbocycles. The lowest BCUT2D eigenvalue weighted by Gasteiger charge is -2.19. The van der Waals surface area contributed by atoms with Crippen LogP contribution in [0.5, 0.6) is 0 Å². The molecule has 0 aliphatic heterocycles. The fraction of sp³-hybridized carbons (Fsp3) is 0.692. The van der Waals surface area contributed by atoms with Crippen LogP contribution in [0.1, 0.15) is 45.7 Å². The zero-order chi connectivity index (χ0) is 12.8. The average molecular weight is 237 g/mol. The molecule has 1 atom stereocenters. The Morgan fingerprint density at radius 3 is 2.47 bits per heavy atom. The smallest absolute Gasteiger partial charge is 0.129 e. The molecule has 0 bridgehead atoms. The minimum Gasteiger partial charge on any atom is -0.394 e. The van der Waals surface area contributed by atoms with Crippen LogP contribution < -0.4 is 5.32 Å².